The van der Waals surface area contributed by atoms with Gasteiger partial charge in [0, 0.05) is 30.6 Å². The Labute approximate surface area is 114 Å². The normalized spacial score (nSPS) is 28.8. The molecule has 0 spiro atoms. The maximum Gasteiger partial charge on any atom is 0.136 e. The maximum absolute atomic E-state index is 5.87. The molecule has 2 aliphatic rings. The first-order valence-corrected chi connectivity index (χ1v) is 6.94. The summed E-state index contributed by atoms with van der Waals surface area (Å²) in [5.74, 6) is 2.81. The van der Waals surface area contributed by atoms with Gasteiger partial charge in [0.1, 0.15) is 17.5 Å². The molecule has 2 fully saturated rings. The van der Waals surface area contributed by atoms with Gasteiger partial charge in [0.15, 0.2) is 0 Å². The zero-order valence-electron chi connectivity index (χ0n) is 11.8. The lowest BCUT2D eigenvalue weighted by Crippen LogP contribution is -2.57. The van der Waals surface area contributed by atoms with Crippen molar-refractivity contribution in [3.8, 4) is 0 Å². The lowest BCUT2D eigenvalue weighted by atomic mass is 9.64. The van der Waals surface area contributed by atoms with E-state index in [1.807, 2.05) is 6.07 Å². The second kappa shape index (κ2) is 4.34. The van der Waals surface area contributed by atoms with Crippen LogP contribution in [0.5, 0.6) is 0 Å². The van der Waals surface area contributed by atoms with Crippen molar-refractivity contribution in [3.63, 3.8) is 0 Å². The van der Waals surface area contributed by atoms with E-state index in [-0.39, 0.29) is 5.41 Å². The fourth-order valence-corrected chi connectivity index (χ4v) is 2.79. The van der Waals surface area contributed by atoms with Crippen LogP contribution in [0.2, 0.25) is 0 Å². The van der Waals surface area contributed by atoms with Crippen molar-refractivity contribution in [2.24, 2.45) is 5.41 Å². The molecule has 5 heteroatoms. The van der Waals surface area contributed by atoms with Crippen molar-refractivity contribution < 1.29 is 4.74 Å². The van der Waals surface area contributed by atoms with Crippen LogP contribution in [0.3, 0.4) is 0 Å². The zero-order valence-corrected chi connectivity index (χ0v) is 11.8. The van der Waals surface area contributed by atoms with Gasteiger partial charge in [-0.25, -0.2) is 9.97 Å². The van der Waals surface area contributed by atoms with E-state index in [9.17, 15) is 0 Å². The first kappa shape index (κ1) is 12.7. The van der Waals surface area contributed by atoms with Gasteiger partial charge in [-0.05, 0) is 19.3 Å². The Balaban J connectivity index is 1.73. The summed E-state index contributed by atoms with van der Waals surface area (Å²) in [5.41, 5.74) is 5.98. The molecule has 3 rings (SSSR count). The van der Waals surface area contributed by atoms with Gasteiger partial charge >= 0.3 is 0 Å². The van der Waals surface area contributed by atoms with Gasteiger partial charge in [0.2, 0.25) is 0 Å². The van der Waals surface area contributed by atoms with Crippen molar-refractivity contribution in [2.45, 2.75) is 51.2 Å². The average molecular weight is 262 g/mol. The van der Waals surface area contributed by atoms with E-state index in [4.69, 9.17) is 10.5 Å². The number of nitrogens with two attached hydrogens (primary N) is 1. The number of rotatable bonds is 4. The number of hydrogen-bond acceptors (Lipinski definition) is 5. The molecule has 0 amide bonds. The van der Waals surface area contributed by atoms with E-state index in [2.05, 4.69) is 29.1 Å². The highest BCUT2D eigenvalue weighted by atomic mass is 16.5. The molecule has 0 aromatic carbocycles. The second-order valence-corrected chi connectivity index (χ2v) is 6.29. The summed E-state index contributed by atoms with van der Waals surface area (Å²) in [4.78, 5) is 8.91. The Bertz CT molecular complexity index is 484. The third kappa shape index (κ3) is 2.27. The van der Waals surface area contributed by atoms with E-state index in [1.165, 1.54) is 12.8 Å². The van der Waals surface area contributed by atoms with Crippen LogP contribution in [0.15, 0.2) is 6.07 Å². The number of aromatic nitrogens is 2. The fourth-order valence-electron chi connectivity index (χ4n) is 2.79. The van der Waals surface area contributed by atoms with Crippen molar-refractivity contribution in [2.75, 3.05) is 18.2 Å². The minimum atomic E-state index is 0.119. The van der Waals surface area contributed by atoms with Crippen molar-refractivity contribution in [3.05, 3.63) is 11.9 Å². The van der Waals surface area contributed by atoms with Crippen LogP contribution >= 0.6 is 0 Å². The molecule has 0 aliphatic heterocycles. The van der Waals surface area contributed by atoms with E-state index in [1.54, 1.807) is 7.11 Å². The van der Waals surface area contributed by atoms with Crippen LogP contribution < -0.4 is 11.1 Å². The lowest BCUT2D eigenvalue weighted by Gasteiger charge is -2.51. The lowest BCUT2D eigenvalue weighted by molar-refractivity contribution is -0.0795. The predicted octanol–water partition coefficient (Wildman–Crippen LogP) is 2.16. The number of ether oxygens (including phenoxy) is 1. The van der Waals surface area contributed by atoms with E-state index in [0.717, 1.165) is 18.1 Å². The molecular formula is C14H22N4O. The van der Waals surface area contributed by atoms with Crippen molar-refractivity contribution >= 4 is 11.6 Å². The molecule has 1 aromatic rings. The van der Waals surface area contributed by atoms with Crippen LogP contribution in [-0.2, 0) is 4.74 Å². The summed E-state index contributed by atoms with van der Waals surface area (Å²) in [5, 5.41) is 3.49. The Morgan fingerprint density at radius 1 is 1.37 bits per heavy atom. The number of hydrogen-bond donors (Lipinski definition) is 2. The minimum Gasteiger partial charge on any atom is -0.384 e. The summed E-state index contributed by atoms with van der Waals surface area (Å²) >= 11 is 0. The van der Waals surface area contributed by atoms with Gasteiger partial charge in [-0.3, -0.25) is 0 Å². The largest absolute Gasteiger partial charge is 0.384 e. The van der Waals surface area contributed by atoms with E-state index >= 15 is 0 Å². The third-order valence-corrected chi connectivity index (χ3v) is 4.49. The number of nitrogens with zero attached hydrogens (tertiary/aromatic N) is 2. The molecule has 19 heavy (non-hydrogen) atoms. The number of anilines is 2. The molecule has 104 valence electrons. The summed E-state index contributed by atoms with van der Waals surface area (Å²) in [6.07, 6.45) is 3.69. The van der Waals surface area contributed by atoms with Gasteiger partial charge in [0.25, 0.3) is 0 Å². The molecule has 2 saturated carbocycles. The second-order valence-electron chi connectivity index (χ2n) is 6.29. The van der Waals surface area contributed by atoms with Crippen molar-refractivity contribution in [1.82, 2.24) is 9.97 Å². The van der Waals surface area contributed by atoms with Crippen LogP contribution in [-0.4, -0.2) is 29.2 Å². The minimum absolute atomic E-state index is 0.119. The molecule has 0 saturated heterocycles. The number of nitrogens with one attached hydrogen (secondary N) is 1. The van der Waals surface area contributed by atoms with Crippen LogP contribution in [0.4, 0.5) is 11.6 Å². The highest BCUT2D eigenvalue weighted by molar-refractivity contribution is 5.47. The number of nitrogen functional groups attached to an aromatic ring is 1. The Kier molecular flexibility index (Phi) is 2.89. The summed E-state index contributed by atoms with van der Waals surface area (Å²) < 4.78 is 5.47. The molecule has 3 N–H and O–H groups in total. The van der Waals surface area contributed by atoms with Gasteiger partial charge in [-0.15, -0.1) is 0 Å². The van der Waals surface area contributed by atoms with E-state index in [0.29, 0.717) is 23.9 Å². The summed E-state index contributed by atoms with van der Waals surface area (Å²) in [6.45, 7) is 4.43. The highest BCUT2D eigenvalue weighted by Crippen LogP contribution is 2.44. The van der Waals surface area contributed by atoms with Crippen molar-refractivity contribution in [1.29, 1.82) is 0 Å². The monoisotopic (exact) mass is 262 g/mol. The van der Waals surface area contributed by atoms with Gasteiger partial charge < -0.3 is 15.8 Å². The number of methoxy groups -OCH3 is 1. The Hall–Kier alpha value is -1.36. The zero-order chi connectivity index (χ0) is 13.6. The highest BCUT2D eigenvalue weighted by Gasteiger charge is 2.48. The molecule has 2 aliphatic carbocycles. The Morgan fingerprint density at radius 2 is 2.11 bits per heavy atom. The molecule has 1 aromatic heterocycles. The van der Waals surface area contributed by atoms with Crippen LogP contribution in [0.25, 0.3) is 0 Å². The van der Waals surface area contributed by atoms with Gasteiger partial charge in [-0.2, -0.15) is 0 Å². The quantitative estimate of drug-likeness (QED) is 0.870. The molecule has 0 bridgehead atoms. The predicted molar refractivity (Wildman–Crippen MR) is 75.0 cm³/mol. The van der Waals surface area contributed by atoms with Crippen LogP contribution in [0.1, 0.15) is 44.9 Å². The fraction of sp³-hybridized carbons (Fsp3) is 0.714. The average Bonchev–Trinajstić information content (AvgIpc) is 3.17. The smallest absolute Gasteiger partial charge is 0.136 e. The topological polar surface area (TPSA) is 73.1 Å². The molecule has 5 nitrogen and oxygen atoms in total. The summed E-state index contributed by atoms with van der Waals surface area (Å²) in [7, 11) is 1.77. The summed E-state index contributed by atoms with van der Waals surface area (Å²) in [6, 6.07) is 2.20. The van der Waals surface area contributed by atoms with E-state index < -0.39 is 0 Å². The molecular weight excluding hydrogens is 240 g/mol. The van der Waals surface area contributed by atoms with Gasteiger partial charge in [-0.1, -0.05) is 13.8 Å². The standard InChI is InChI=1S/C14H22N4O/c1-14(2)9(6-10(14)19-3)16-12-7-11(15)17-13(18-12)8-4-5-8/h7-10H,4-6H2,1-3H3,(H3,15,16,17,18). The molecule has 2 atom stereocenters. The first-order valence-electron chi connectivity index (χ1n) is 6.94. The molecule has 0 radical (unpaired) electrons. The Morgan fingerprint density at radius 3 is 2.68 bits per heavy atom. The first-order chi connectivity index (χ1) is 9.00. The molecule has 1 heterocycles. The molecule has 2 unspecified atom stereocenters. The van der Waals surface area contributed by atoms with Crippen LogP contribution in [0, 0.1) is 5.41 Å². The van der Waals surface area contributed by atoms with Gasteiger partial charge in [0.05, 0.1) is 6.10 Å². The maximum atomic E-state index is 5.87. The third-order valence-electron chi connectivity index (χ3n) is 4.49. The SMILES string of the molecule is COC1CC(Nc2cc(N)nc(C3CC3)n2)C1(C)C.